The van der Waals surface area contributed by atoms with Gasteiger partial charge in [0.25, 0.3) is 0 Å². The number of hydrogen-bond donors (Lipinski definition) is 1. The van der Waals surface area contributed by atoms with Crippen LogP contribution in [0, 0.1) is 0 Å². The number of thiazole rings is 1. The maximum Gasteiger partial charge on any atom is 0.250 e. The Hall–Kier alpha value is -2.92. The molecule has 2 aromatic carbocycles. The third-order valence-electron chi connectivity index (χ3n) is 3.35. The summed E-state index contributed by atoms with van der Waals surface area (Å²) in [6.45, 7) is 0. The van der Waals surface area contributed by atoms with Crippen LogP contribution in [0.25, 0.3) is 17.3 Å². The first-order valence-electron chi connectivity index (χ1n) is 7.38. The zero-order chi connectivity index (χ0) is 16.8. The van der Waals surface area contributed by atoms with Crippen LogP contribution >= 0.6 is 11.3 Å². The van der Waals surface area contributed by atoms with Crippen molar-refractivity contribution in [3.63, 3.8) is 0 Å². The molecular formula is C19H16N2O2S. The molecule has 0 spiro atoms. The van der Waals surface area contributed by atoms with Gasteiger partial charge in [-0.15, -0.1) is 11.3 Å². The van der Waals surface area contributed by atoms with Crippen LogP contribution in [0.4, 0.5) is 5.13 Å². The molecule has 0 saturated carbocycles. The number of nitrogens with one attached hydrogen (secondary N) is 1. The van der Waals surface area contributed by atoms with Crippen molar-refractivity contribution in [3.8, 4) is 17.0 Å². The van der Waals surface area contributed by atoms with E-state index in [9.17, 15) is 4.79 Å². The van der Waals surface area contributed by atoms with Crippen molar-refractivity contribution in [3.05, 3.63) is 71.6 Å². The summed E-state index contributed by atoms with van der Waals surface area (Å²) in [5.74, 6) is 0.576. The molecule has 1 N–H and O–H groups in total. The number of ether oxygens (including phenoxy) is 1. The van der Waals surface area contributed by atoms with E-state index < -0.39 is 0 Å². The highest BCUT2D eigenvalue weighted by molar-refractivity contribution is 7.14. The second-order valence-electron chi connectivity index (χ2n) is 5.00. The van der Waals surface area contributed by atoms with Gasteiger partial charge in [0.1, 0.15) is 5.75 Å². The van der Waals surface area contributed by atoms with Crippen molar-refractivity contribution in [1.29, 1.82) is 0 Å². The number of hydrogen-bond acceptors (Lipinski definition) is 4. The highest BCUT2D eigenvalue weighted by Gasteiger charge is 2.05. The summed E-state index contributed by atoms with van der Waals surface area (Å²) in [4.78, 5) is 16.4. The topological polar surface area (TPSA) is 51.2 Å². The second-order valence-corrected chi connectivity index (χ2v) is 5.86. The largest absolute Gasteiger partial charge is 0.497 e. The normalized spacial score (nSPS) is 10.7. The highest BCUT2D eigenvalue weighted by atomic mass is 32.1. The van der Waals surface area contributed by atoms with Gasteiger partial charge in [-0.25, -0.2) is 4.98 Å². The number of carbonyl (C=O) groups is 1. The van der Waals surface area contributed by atoms with E-state index in [0.717, 1.165) is 22.6 Å². The molecule has 0 unspecified atom stereocenters. The first-order valence-corrected chi connectivity index (χ1v) is 8.26. The molecule has 0 aliphatic rings. The molecule has 1 amide bonds. The first kappa shape index (κ1) is 16.0. The molecule has 1 aromatic heterocycles. The molecule has 1 heterocycles. The summed E-state index contributed by atoms with van der Waals surface area (Å²) in [5.41, 5.74) is 2.81. The van der Waals surface area contributed by atoms with Crippen molar-refractivity contribution in [2.75, 3.05) is 12.4 Å². The Kier molecular flexibility index (Phi) is 5.03. The van der Waals surface area contributed by atoms with E-state index in [-0.39, 0.29) is 5.91 Å². The fourth-order valence-corrected chi connectivity index (χ4v) is 2.83. The van der Waals surface area contributed by atoms with Crippen LogP contribution < -0.4 is 10.1 Å². The van der Waals surface area contributed by atoms with Crippen LogP contribution in [-0.4, -0.2) is 18.0 Å². The Labute approximate surface area is 144 Å². The number of methoxy groups -OCH3 is 1. The van der Waals surface area contributed by atoms with Crippen molar-refractivity contribution < 1.29 is 9.53 Å². The van der Waals surface area contributed by atoms with E-state index >= 15 is 0 Å². The molecule has 0 radical (unpaired) electrons. The predicted octanol–water partition coefficient (Wildman–Crippen LogP) is 4.47. The summed E-state index contributed by atoms with van der Waals surface area (Å²) in [6, 6.07) is 17.3. The van der Waals surface area contributed by atoms with Gasteiger partial charge in [0, 0.05) is 17.0 Å². The number of anilines is 1. The van der Waals surface area contributed by atoms with Gasteiger partial charge in [-0.1, -0.05) is 42.5 Å². The van der Waals surface area contributed by atoms with Crippen LogP contribution in [-0.2, 0) is 4.79 Å². The number of nitrogens with zero attached hydrogens (tertiary/aromatic N) is 1. The van der Waals surface area contributed by atoms with Crippen LogP contribution in [0.2, 0.25) is 0 Å². The monoisotopic (exact) mass is 336 g/mol. The van der Waals surface area contributed by atoms with Gasteiger partial charge in [0.05, 0.1) is 12.8 Å². The molecule has 0 atom stereocenters. The summed E-state index contributed by atoms with van der Waals surface area (Å²) in [7, 11) is 1.62. The maximum absolute atomic E-state index is 12.0. The van der Waals surface area contributed by atoms with Gasteiger partial charge in [-0.05, 0) is 23.8 Å². The highest BCUT2D eigenvalue weighted by Crippen LogP contribution is 2.24. The van der Waals surface area contributed by atoms with Gasteiger partial charge in [0.15, 0.2) is 5.13 Å². The minimum absolute atomic E-state index is 0.209. The zero-order valence-electron chi connectivity index (χ0n) is 13.1. The van der Waals surface area contributed by atoms with E-state index in [1.165, 1.54) is 17.4 Å². The van der Waals surface area contributed by atoms with E-state index in [2.05, 4.69) is 10.3 Å². The van der Waals surface area contributed by atoms with Gasteiger partial charge in [0.2, 0.25) is 5.91 Å². The average molecular weight is 336 g/mol. The zero-order valence-corrected chi connectivity index (χ0v) is 13.9. The molecule has 0 aliphatic carbocycles. The lowest BCUT2D eigenvalue weighted by Gasteiger charge is -1.99. The van der Waals surface area contributed by atoms with E-state index in [4.69, 9.17) is 4.74 Å². The molecule has 4 nitrogen and oxygen atoms in total. The number of carbonyl (C=O) groups excluding carboxylic acids is 1. The Balaban J connectivity index is 1.62. The fourth-order valence-electron chi connectivity index (χ4n) is 2.11. The molecule has 120 valence electrons. The lowest BCUT2D eigenvalue weighted by molar-refractivity contribution is -0.111. The van der Waals surface area contributed by atoms with Gasteiger partial charge in [-0.2, -0.15) is 0 Å². The molecule has 0 saturated heterocycles. The van der Waals surface area contributed by atoms with Gasteiger partial charge >= 0.3 is 0 Å². The summed E-state index contributed by atoms with van der Waals surface area (Å²) in [5, 5.41) is 5.29. The minimum atomic E-state index is -0.209. The third kappa shape index (κ3) is 4.08. The van der Waals surface area contributed by atoms with Crippen molar-refractivity contribution in [2.45, 2.75) is 0 Å². The summed E-state index contributed by atoms with van der Waals surface area (Å²) in [6.07, 6.45) is 3.24. The summed E-state index contributed by atoms with van der Waals surface area (Å²) >= 11 is 1.41. The lowest BCUT2D eigenvalue weighted by atomic mass is 10.2. The minimum Gasteiger partial charge on any atom is -0.497 e. The Morgan fingerprint density at radius 1 is 1.12 bits per heavy atom. The number of aromatic nitrogens is 1. The smallest absolute Gasteiger partial charge is 0.250 e. The SMILES string of the molecule is COc1ccc(/C=C/C(=O)Nc2nc(-c3ccccc3)cs2)cc1. The molecular weight excluding hydrogens is 320 g/mol. The quantitative estimate of drug-likeness (QED) is 0.699. The average Bonchev–Trinajstić information content (AvgIpc) is 3.09. The second kappa shape index (κ2) is 7.57. The number of amides is 1. The standard InChI is InChI=1S/C19H16N2O2S/c1-23-16-10-7-14(8-11-16)9-12-18(22)21-19-20-17(13-24-19)15-5-3-2-4-6-15/h2-13H,1H3,(H,20,21,22)/b12-9+. The molecule has 24 heavy (non-hydrogen) atoms. The van der Waals surface area contributed by atoms with Crippen molar-refractivity contribution >= 4 is 28.5 Å². The van der Waals surface area contributed by atoms with Crippen molar-refractivity contribution in [2.24, 2.45) is 0 Å². The maximum atomic E-state index is 12.0. The molecule has 3 aromatic rings. The van der Waals surface area contributed by atoms with Crippen molar-refractivity contribution in [1.82, 2.24) is 4.98 Å². The van der Waals surface area contributed by atoms with Crippen LogP contribution in [0.15, 0.2) is 66.1 Å². The van der Waals surface area contributed by atoms with Crippen LogP contribution in [0.1, 0.15) is 5.56 Å². The Bertz CT molecular complexity index is 839. The molecule has 0 aliphatic heterocycles. The third-order valence-corrected chi connectivity index (χ3v) is 4.10. The van der Waals surface area contributed by atoms with Crippen LogP contribution in [0.5, 0.6) is 5.75 Å². The number of rotatable bonds is 5. The van der Waals surface area contributed by atoms with E-state index in [1.807, 2.05) is 60.0 Å². The predicted molar refractivity (Wildman–Crippen MR) is 98.2 cm³/mol. The Morgan fingerprint density at radius 3 is 2.58 bits per heavy atom. The van der Waals surface area contributed by atoms with Gasteiger partial charge < -0.3 is 4.74 Å². The molecule has 5 heteroatoms. The molecule has 0 bridgehead atoms. The summed E-state index contributed by atoms with van der Waals surface area (Å²) < 4.78 is 5.10. The lowest BCUT2D eigenvalue weighted by Crippen LogP contribution is -2.07. The number of benzene rings is 2. The van der Waals surface area contributed by atoms with Gasteiger partial charge in [-0.3, -0.25) is 10.1 Å². The van der Waals surface area contributed by atoms with E-state index in [0.29, 0.717) is 5.13 Å². The van der Waals surface area contributed by atoms with E-state index in [1.54, 1.807) is 13.2 Å². The Morgan fingerprint density at radius 2 is 1.88 bits per heavy atom. The molecule has 3 rings (SSSR count). The van der Waals surface area contributed by atoms with Crippen LogP contribution in [0.3, 0.4) is 0 Å². The fraction of sp³-hybridized carbons (Fsp3) is 0.0526. The molecule has 0 fully saturated rings. The first-order chi connectivity index (χ1) is 11.7.